The molecule has 0 bridgehead atoms. The molecule has 116 valence electrons. The summed E-state index contributed by atoms with van der Waals surface area (Å²) < 4.78 is 11.7. The van der Waals surface area contributed by atoms with E-state index in [0.717, 1.165) is 49.7 Å². The molecular weight excluding hydrogens is 248 g/mol. The van der Waals surface area contributed by atoms with Crippen LogP contribution in [0.25, 0.3) is 0 Å². The predicted molar refractivity (Wildman–Crippen MR) is 81.5 cm³/mol. The highest BCUT2D eigenvalue weighted by Gasteiger charge is 2.42. The van der Waals surface area contributed by atoms with Gasteiger partial charge in [-0.3, -0.25) is 0 Å². The minimum Gasteiger partial charge on any atom is -0.348 e. The van der Waals surface area contributed by atoms with Gasteiger partial charge in [0.25, 0.3) is 0 Å². The highest BCUT2D eigenvalue weighted by molar-refractivity contribution is 4.87. The van der Waals surface area contributed by atoms with Crippen LogP contribution in [0.3, 0.4) is 0 Å². The molecule has 0 radical (unpaired) electrons. The highest BCUT2D eigenvalue weighted by atomic mass is 16.7. The lowest BCUT2D eigenvalue weighted by atomic mass is 9.69. The Morgan fingerprint density at radius 1 is 0.850 bits per heavy atom. The summed E-state index contributed by atoms with van der Waals surface area (Å²) in [6.45, 7) is 6.36. The molecular formula is C18H32O2. The van der Waals surface area contributed by atoms with Crippen LogP contribution in [0.1, 0.15) is 71.6 Å². The summed E-state index contributed by atoms with van der Waals surface area (Å²) in [5, 5.41) is 0. The van der Waals surface area contributed by atoms with Crippen molar-refractivity contribution in [2.75, 3.05) is 13.2 Å². The summed E-state index contributed by atoms with van der Waals surface area (Å²) in [6, 6.07) is 0. The molecule has 0 aromatic rings. The van der Waals surface area contributed by atoms with Crippen LogP contribution in [0.4, 0.5) is 0 Å². The minimum atomic E-state index is -0.161. The van der Waals surface area contributed by atoms with E-state index in [1.807, 2.05) is 0 Å². The second kappa shape index (κ2) is 6.36. The molecule has 3 aliphatic rings. The Morgan fingerprint density at radius 3 is 1.95 bits per heavy atom. The molecule has 0 unspecified atom stereocenters. The van der Waals surface area contributed by atoms with Gasteiger partial charge in [0.2, 0.25) is 0 Å². The van der Waals surface area contributed by atoms with Crippen molar-refractivity contribution in [1.82, 2.24) is 0 Å². The fourth-order valence-corrected chi connectivity index (χ4v) is 4.90. The molecule has 1 heterocycles. The number of rotatable bonds is 3. The second-order valence-corrected chi connectivity index (χ2v) is 7.86. The van der Waals surface area contributed by atoms with Gasteiger partial charge in [0, 0.05) is 12.8 Å². The smallest absolute Gasteiger partial charge is 0.168 e. The van der Waals surface area contributed by atoms with Crippen LogP contribution < -0.4 is 0 Å². The Balaban J connectivity index is 1.43. The maximum absolute atomic E-state index is 5.86. The van der Waals surface area contributed by atoms with E-state index in [-0.39, 0.29) is 5.79 Å². The van der Waals surface area contributed by atoms with Gasteiger partial charge in [-0.2, -0.15) is 0 Å². The van der Waals surface area contributed by atoms with Crippen molar-refractivity contribution in [1.29, 1.82) is 0 Å². The predicted octanol–water partition coefficient (Wildman–Crippen LogP) is 4.77. The van der Waals surface area contributed by atoms with Crippen molar-refractivity contribution in [3.63, 3.8) is 0 Å². The standard InChI is InChI=1S/C18H32O2/c1-14(2)13-15-3-5-16(6-4-15)17-7-9-18(10-8-17)19-11-12-20-18/h14-17H,3-13H2,1-2H3. The third-order valence-corrected chi connectivity index (χ3v) is 5.97. The van der Waals surface area contributed by atoms with Gasteiger partial charge >= 0.3 is 0 Å². The first-order chi connectivity index (χ1) is 9.67. The van der Waals surface area contributed by atoms with Crippen molar-refractivity contribution >= 4 is 0 Å². The van der Waals surface area contributed by atoms with Crippen molar-refractivity contribution in [2.24, 2.45) is 23.7 Å². The van der Waals surface area contributed by atoms with E-state index in [4.69, 9.17) is 9.47 Å². The number of ether oxygens (including phenoxy) is 2. The van der Waals surface area contributed by atoms with E-state index in [1.165, 1.54) is 44.9 Å². The molecule has 0 aromatic carbocycles. The van der Waals surface area contributed by atoms with Gasteiger partial charge in [0.1, 0.15) is 0 Å². The van der Waals surface area contributed by atoms with Gasteiger partial charge in [0.05, 0.1) is 13.2 Å². The van der Waals surface area contributed by atoms with E-state index >= 15 is 0 Å². The average Bonchev–Trinajstić information content (AvgIpc) is 2.89. The quantitative estimate of drug-likeness (QED) is 0.741. The van der Waals surface area contributed by atoms with Gasteiger partial charge < -0.3 is 9.47 Å². The van der Waals surface area contributed by atoms with Gasteiger partial charge in [-0.25, -0.2) is 0 Å². The fourth-order valence-electron chi connectivity index (χ4n) is 4.90. The monoisotopic (exact) mass is 280 g/mol. The molecule has 3 fully saturated rings. The van der Waals surface area contributed by atoms with Crippen molar-refractivity contribution in [3.8, 4) is 0 Å². The maximum atomic E-state index is 5.86. The van der Waals surface area contributed by atoms with E-state index in [2.05, 4.69) is 13.8 Å². The first-order valence-corrected chi connectivity index (χ1v) is 8.95. The lowest BCUT2D eigenvalue weighted by Gasteiger charge is -2.41. The molecule has 20 heavy (non-hydrogen) atoms. The zero-order chi connectivity index (χ0) is 14.0. The van der Waals surface area contributed by atoms with Crippen LogP contribution in [0.15, 0.2) is 0 Å². The summed E-state index contributed by atoms with van der Waals surface area (Å²) >= 11 is 0. The summed E-state index contributed by atoms with van der Waals surface area (Å²) in [4.78, 5) is 0. The molecule has 1 saturated heterocycles. The zero-order valence-electron chi connectivity index (χ0n) is 13.4. The van der Waals surface area contributed by atoms with E-state index in [0.29, 0.717) is 0 Å². The normalized spacial score (nSPS) is 35.0. The third kappa shape index (κ3) is 3.39. The average molecular weight is 280 g/mol. The molecule has 2 saturated carbocycles. The van der Waals surface area contributed by atoms with Crippen molar-refractivity contribution < 1.29 is 9.47 Å². The summed E-state index contributed by atoms with van der Waals surface area (Å²) in [5.74, 6) is 3.68. The summed E-state index contributed by atoms with van der Waals surface area (Å²) in [7, 11) is 0. The van der Waals surface area contributed by atoms with Crippen LogP contribution in [-0.2, 0) is 9.47 Å². The molecule has 0 N–H and O–H groups in total. The summed E-state index contributed by atoms with van der Waals surface area (Å²) in [6.07, 6.45) is 12.3. The Kier molecular flexibility index (Phi) is 4.72. The molecule has 3 rings (SSSR count). The molecule has 1 spiro atoms. The van der Waals surface area contributed by atoms with Gasteiger partial charge in [-0.15, -0.1) is 0 Å². The van der Waals surface area contributed by atoms with Crippen LogP contribution in [0.2, 0.25) is 0 Å². The Labute approximate surface area is 124 Å². The molecule has 0 aromatic heterocycles. The second-order valence-electron chi connectivity index (χ2n) is 7.86. The Hall–Kier alpha value is -0.0800. The largest absolute Gasteiger partial charge is 0.348 e. The van der Waals surface area contributed by atoms with Crippen LogP contribution in [0.5, 0.6) is 0 Å². The fraction of sp³-hybridized carbons (Fsp3) is 1.00. The maximum Gasteiger partial charge on any atom is 0.168 e. The van der Waals surface area contributed by atoms with Crippen molar-refractivity contribution in [2.45, 2.75) is 77.4 Å². The molecule has 0 amide bonds. The van der Waals surface area contributed by atoms with Crippen LogP contribution >= 0.6 is 0 Å². The van der Waals surface area contributed by atoms with E-state index < -0.39 is 0 Å². The third-order valence-electron chi connectivity index (χ3n) is 5.97. The van der Waals surface area contributed by atoms with Gasteiger partial charge in [-0.05, 0) is 55.8 Å². The molecule has 1 aliphatic heterocycles. The van der Waals surface area contributed by atoms with Gasteiger partial charge in [-0.1, -0.05) is 26.7 Å². The zero-order valence-corrected chi connectivity index (χ0v) is 13.4. The molecule has 2 aliphatic carbocycles. The first-order valence-electron chi connectivity index (χ1n) is 8.95. The van der Waals surface area contributed by atoms with Crippen molar-refractivity contribution in [3.05, 3.63) is 0 Å². The Morgan fingerprint density at radius 2 is 1.40 bits per heavy atom. The van der Waals surface area contributed by atoms with E-state index in [1.54, 1.807) is 0 Å². The van der Waals surface area contributed by atoms with Crippen LogP contribution in [-0.4, -0.2) is 19.0 Å². The number of hydrogen-bond donors (Lipinski definition) is 0. The first kappa shape index (κ1) is 14.8. The molecule has 2 nitrogen and oxygen atoms in total. The lowest BCUT2D eigenvalue weighted by molar-refractivity contribution is -0.185. The lowest BCUT2D eigenvalue weighted by Crippen LogP contribution is -2.37. The van der Waals surface area contributed by atoms with E-state index in [9.17, 15) is 0 Å². The highest BCUT2D eigenvalue weighted by Crippen LogP contribution is 2.45. The SMILES string of the molecule is CC(C)CC1CCC(C2CCC3(CC2)OCCO3)CC1. The topological polar surface area (TPSA) is 18.5 Å². The molecule has 2 heteroatoms. The van der Waals surface area contributed by atoms with Gasteiger partial charge in [0.15, 0.2) is 5.79 Å². The molecule has 0 atom stereocenters. The number of hydrogen-bond acceptors (Lipinski definition) is 2. The Bertz CT molecular complexity index is 289. The summed E-state index contributed by atoms with van der Waals surface area (Å²) in [5.41, 5.74) is 0. The van der Waals surface area contributed by atoms with Crippen LogP contribution in [0, 0.1) is 23.7 Å². The minimum absolute atomic E-state index is 0.161.